The van der Waals surface area contributed by atoms with Gasteiger partial charge in [-0.3, -0.25) is 0 Å². The Labute approximate surface area is 112 Å². The molecule has 0 heterocycles. The van der Waals surface area contributed by atoms with Gasteiger partial charge in [0.2, 0.25) is 0 Å². The zero-order valence-corrected chi connectivity index (χ0v) is 12.7. The van der Waals surface area contributed by atoms with E-state index < -0.39 is 0 Å². The Balaban J connectivity index is 3.09. The van der Waals surface area contributed by atoms with Crippen LogP contribution in [-0.2, 0) is 0 Å². The van der Waals surface area contributed by atoms with Gasteiger partial charge in [0.1, 0.15) is 0 Å². The minimum Gasteiger partial charge on any atom is -0.308 e. The lowest BCUT2D eigenvalue weighted by molar-refractivity contribution is 0.137. The summed E-state index contributed by atoms with van der Waals surface area (Å²) < 4.78 is 0. The fraction of sp³-hybridized carbons (Fsp3) is 0.625. The summed E-state index contributed by atoms with van der Waals surface area (Å²) in [4.78, 5) is 2.30. The van der Waals surface area contributed by atoms with Gasteiger partial charge >= 0.3 is 0 Å². The lowest BCUT2D eigenvalue weighted by Crippen LogP contribution is -2.49. The number of nitrogens with zero attached hydrogens (tertiary/aromatic N) is 1. The normalized spacial score (nSPS) is 13.9. The van der Waals surface area contributed by atoms with Gasteiger partial charge in [-0.2, -0.15) is 0 Å². The predicted molar refractivity (Wildman–Crippen MR) is 80.0 cm³/mol. The van der Waals surface area contributed by atoms with Crippen LogP contribution in [0.3, 0.4) is 0 Å². The number of benzene rings is 1. The molecule has 0 aliphatic carbocycles. The van der Waals surface area contributed by atoms with Crippen LogP contribution in [0, 0.1) is 6.92 Å². The van der Waals surface area contributed by atoms with Crippen LogP contribution in [-0.4, -0.2) is 31.1 Å². The van der Waals surface area contributed by atoms with Gasteiger partial charge in [-0.25, -0.2) is 0 Å². The SMILES string of the molecule is CCCNC(c1ccccc1C)C(C)(C)N(C)C. The Morgan fingerprint density at radius 1 is 1.22 bits per heavy atom. The van der Waals surface area contributed by atoms with E-state index in [-0.39, 0.29) is 5.54 Å². The van der Waals surface area contributed by atoms with Gasteiger partial charge in [0.05, 0.1) is 6.04 Å². The molecule has 1 rings (SSSR count). The van der Waals surface area contributed by atoms with Gasteiger partial charge in [-0.1, -0.05) is 31.2 Å². The molecule has 1 aromatic rings. The highest BCUT2D eigenvalue weighted by Gasteiger charge is 2.32. The van der Waals surface area contributed by atoms with Crippen molar-refractivity contribution in [2.24, 2.45) is 0 Å². The van der Waals surface area contributed by atoms with Crippen LogP contribution in [0.25, 0.3) is 0 Å². The Hall–Kier alpha value is -0.860. The van der Waals surface area contributed by atoms with E-state index in [1.54, 1.807) is 0 Å². The first-order valence-electron chi connectivity index (χ1n) is 6.87. The number of likely N-dealkylation sites (N-methyl/N-ethyl adjacent to an activating group) is 1. The molecular weight excluding hydrogens is 220 g/mol. The van der Waals surface area contributed by atoms with E-state index in [1.165, 1.54) is 11.1 Å². The van der Waals surface area contributed by atoms with Crippen LogP contribution in [0.4, 0.5) is 0 Å². The minimum absolute atomic E-state index is 0.0846. The number of rotatable bonds is 6. The van der Waals surface area contributed by atoms with Gasteiger partial charge in [-0.05, 0) is 59.0 Å². The summed E-state index contributed by atoms with van der Waals surface area (Å²) in [6.07, 6.45) is 1.16. The third-order valence-electron chi connectivity index (χ3n) is 3.96. The number of hydrogen-bond donors (Lipinski definition) is 1. The first-order valence-corrected chi connectivity index (χ1v) is 6.87. The number of hydrogen-bond acceptors (Lipinski definition) is 2. The third-order valence-corrected chi connectivity index (χ3v) is 3.96. The van der Waals surface area contributed by atoms with Gasteiger partial charge < -0.3 is 10.2 Å². The summed E-state index contributed by atoms with van der Waals surface area (Å²) in [5.41, 5.74) is 2.85. The maximum Gasteiger partial charge on any atom is 0.0504 e. The molecule has 1 aromatic carbocycles. The molecular formula is C16H28N2. The predicted octanol–water partition coefficient (Wildman–Crippen LogP) is 3.38. The largest absolute Gasteiger partial charge is 0.308 e. The molecule has 0 radical (unpaired) electrons. The molecule has 2 nitrogen and oxygen atoms in total. The van der Waals surface area contributed by atoms with E-state index in [0.29, 0.717) is 6.04 Å². The lowest BCUT2D eigenvalue weighted by Gasteiger charge is -2.41. The topological polar surface area (TPSA) is 15.3 Å². The molecule has 0 saturated heterocycles. The maximum atomic E-state index is 3.71. The first-order chi connectivity index (χ1) is 8.41. The van der Waals surface area contributed by atoms with E-state index in [2.05, 4.69) is 76.3 Å². The highest BCUT2D eigenvalue weighted by Crippen LogP contribution is 2.31. The van der Waals surface area contributed by atoms with Crippen molar-refractivity contribution in [2.75, 3.05) is 20.6 Å². The van der Waals surface area contributed by atoms with Gasteiger partial charge in [0.15, 0.2) is 0 Å². The van der Waals surface area contributed by atoms with Crippen molar-refractivity contribution in [3.05, 3.63) is 35.4 Å². The van der Waals surface area contributed by atoms with Gasteiger partial charge in [0, 0.05) is 5.54 Å². The quantitative estimate of drug-likeness (QED) is 0.830. The molecule has 0 fully saturated rings. The van der Waals surface area contributed by atoms with Crippen molar-refractivity contribution in [1.29, 1.82) is 0 Å². The van der Waals surface area contributed by atoms with Crippen molar-refractivity contribution in [3.8, 4) is 0 Å². The first kappa shape index (κ1) is 15.2. The standard InChI is InChI=1S/C16H28N2/c1-7-12-17-15(16(3,4)18(5)6)14-11-9-8-10-13(14)2/h8-11,15,17H,7,12H2,1-6H3. The molecule has 0 bridgehead atoms. The summed E-state index contributed by atoms with van der Waals surface area (Å²) >= 11 is 0. The van der Waals surface area contributed by atoms with E-state index in [0.717, 1.165) is 13.0 Å². The van der Waals surface area contributed by atoms with Gasteiger partial charge in [0.25, 0.3) is 0 Å². The van der Waals surface area contributed by atoms with E-state index in [1.807, 2.05) is 0 Å². The Morgan fingerprint density at radius 3 is 2.33 bits per heavy atom. The maximum absolute atomic E-state index is 3.71. The highest BCUT2D eigenvalue weighted by atomic mass is 15.2. The second-order valence-corrected chi connectivity index (χ2v) is 5.79. The molecule has 0 aliphatic heterocycles. The van der Waals surface area contributed by atoms with Crippen molar-refractivity contribution >= 4 is 0 Å². The Kier molecular flexibility index (Phi) is 5.36. The van der Waals surface area contributed by atoms with Gasteiger partial charge in [-0.15, -0.1) is 0 Å². The fourth-order valence-electron chi connectivity index (χ4n) is 2.20. The lowest BCUT2D eigenvalue weighted by atomic mass is 9.85. The molecule has 0 saturated carbocycles. The molecule has 1 unspecified atom stereocenters. The smallest absolute Gasteiger partial charge is 0.0504 e. The molecule has 0 amide bonds. The second kappa shape index (κ2) is 6.35. The van der Waals surface area contributed by atoms with Crippen LogP contribution < -0.4 is 5.32 Å². The van der Waals surface area contributed by atoms with Crippen LogP contribution in [0.15, 0.2) is 24.3 Å². The minimum atomic E-state index is 0.0846. The molecule has 2 heteroatoms. The van der Waals surface area contributed by atoms with Crippen molar-refractivity contribution < 1.29 is 0 Å². The third kappa shape index (κ3) is 3.33. The molecule has 1 N–H and O–H groups in total. The van der Waals surface area contributed by atoms with E-state index >= 15 is 0 Å². The fourth-order valence-corrected chi connectivity index (χ4v) is 2.20. The molecule has 102 valence electrons. The van der Waals surface area contributed by atoms with Crippen LogP contribution in [0.1, 0.15) is 44.4 Å². The van der Waals surface area contributed by atoms with Crippen molar-refractivity contribution in [2.45, 2.75) is 45.7 Å². The van der Waals surface area contributed by atoms with E-state index in [9.17, 15) is 0 Å². The van der Waals surface area contributed by atoms with E-state index in [4.69, 9.17) is 0 Å². The monoisotopic (exact) mass is 248 g/mol. The summed E-state index contributed by atoms with van der Waals surface area (Å²) in [5.74, 6) is 0. The molecule has 0 spiro atoms. The summed E-state index contributed by atoms with van der Waals surface area (Å²) in [6, 6.07) is 9.04. The second-order valence-electron chi connectivity index (χ2n) is 5.79. The van der Waals surface area contributed by atoms with Crippen LogP contribution in [0.5, 0.6) is 0 Å². The molecule has 0 aliphatic rings. The summed E-state index contributed by atoms with van der Waals surface area (Å²) in [6.45, 7) is 10.1. The van der Waals surface area contributed by atoms with Crippen LogP contribution >= 0.6 is 0 Å². The highest BCUT2D eigenvalue weighted by molar-refractivity contribution is 5.31. The number of nitrogens with one attached hydrogen (secondary N) is 1. The molecule has 1 atom stereocenters. The van der Waals surface area contributed by atoms with Crippen molar-refractivity contribution in [3.63, 3.8) is 0 Å². The average molecular weight is 248 g/mol. The Bertz CT molecular complexity index is 369. The number of aryl methyl sites for hydroxylation is 1. The summed E-state index contributed by atoms with van der Waals surface area (Å²) in [7, 11) is 4.30. The van der Waals surface area contributed by atoms with Crippen molar-refractivity contribution in [1.82, 2.24) is 10.2 Å². The molecule has 18 heavy (non-hydrogen) atoms. The average Bonchev–Trinajstić information content (AvgIpc) is 2.31. The van der Waals surface area contributed by atoms with Crippen LogP contribution in [0.2, 0.25) is 0 Å². The zero-order valence-electron chi connectivity index (χ0n) is 12.7. The zero-order chi connectivity index (χ0) is 13.8. The summed E-state index contributed by atoms with van der Waals surface area (Å²) in [5, 5.41) is 3.71. The molecule has 0 aromatic heterocycles. The Morgan fingerprint density at radius 2 is 1.83 bits per heavy atom.